The van der Waals surface area contributed by atoms with Gasteiger partial charge in [0.05, 0.1) is 18.7 Å². The number of nitrogens with zero attached hydrogens (tertiary/aromatic N) is 3. The van der Waals surface area contributed by atoms with Gasteiger partial charge in [-0.2, -0.15) is 18.4 Å². The van der Waals surface area contributed by atoms with Gasteiger partial charge in [0.2, 0.25) is 5.60 Å². The summed E-state index contributed by atoms with van der Waals surface area (Å²) in [6.07, 6.45) is 1.20. The number of ether oxygens (including phenoxy) is 2. The van der Waals surface area contributed by atoms with Crippen molar-refractivity contribution in [3.8, 4) is 17.6 Å². The van der Waals surface area contributed by atoms with Crippen LogP contribution in [0.25, 0.3) is 10.9 Å². The van der Waals surface area contributed by atoms with Crippen LogP contribution in [-0.2, 0) is 12.1 Å². The molecule has 4 rings (SSSR count). The van der Waals surface area contributed by atoms with Crippen LogP contribution < -0.4 is 9.47 Å². The van der Waals surface area contributed by atoms with Crippen LogP contribution in [0.2, 0.25) is 0 Å². The molecular weight excluding hydrogens is 519 g/mol. The zero-order valence-corrected chi connectivity index (χ0v) is 23.3. The first-order valence-corrected chi connectivity index (χ1v) is 13.5. The number of halogens is 3. The second-order valence-electron chi connectivity index (χ2n) is 10.6. The van der Waals surface area contributed by atoms with Crippen LogP contribution in [0.1, 0.15) is 43.4 Å². The molecule has 0 saturated carbocycles. The summed E-state index contributed by atoms with van der Waals surface area (Å²) in [7, 11) is 1.57. The molecule has 2 heterocycles. The molecule has 1 aliphatic rings. The average Bonchev–Trinajstić information content (AvgIpc) is 3.27. The molecule has 0 amide bonds. The highest BCUT2D eigenvalue weighted by Gasteiger charge is 2.57. The van der Waals surface area contributed by atoms with Gasteiger partial charge in [0.1, 0.15) is 6.10 Å². The monoisotopic (exact) mass is 555 g/mol. The fourth-order valence-electron chi connectivity index (χ4n) is 5.43. The first kappa shape index (κ1) is 29.5. The van der Waals surface area contributed by atoms with Crippen molar-refractivity contribution in [2.75, 3.05) is 26.7 Å². The van der Waals surface area contributed by atoms with Gasteiger partial charge in [-0.05, 0) is 62.4 Å². The number of allylic oxidation sites excluding steroid dienone is 2. The van der Waals surface area contributed by atoms with Crippen LogP contribution in [0.5, 0.6) is 11.5 Å². The summed E-state index contributed by atoms with van der Waals surface area (Å²) in [5.74, 6) is 1.27. The minimum Gasteiger partial charge on any atom is -0.493 e. The van der Waals surface area contributed by atoms with E-state index < -0.39 is 18.3 Å². The maximum absolute atomic E-state index is 14.7. The molecule has 2 unspecified atom stereocenters. The van der Waals surface area contributed by atoms with E-state index >= 15 is 0 Å². The Kier molecular flexibility index (Phi) is 8.81. The molecule has 6 nitrogen and oxygen atoms in total. The maximum Gasteiger partial charge on any atom is 0.422 e. The number of aryl methyl sites for hydroxylation is 1. The minimum atomic E-state index is -4.92. The first-order valence-electron chi connectivity index (χ1n) is 13.5. The lowest BCUT2D eigenvalue weighted by molar-refractivity contribution is -0.272. The lowest BCUT2D eigenvalue weighted by Gasteiger charge is -2.39. The van der Waals surface area contributed by atoms with Gasteiger partial charge >= 0.3 is 6.18 Å². The summed E-state index contributed by atoms with van der Waals surface area (Å²) >= 11 is 0. The number of β-amino-alcohol motifs (C(OH)–C–C–N with tert-alkyl or cyclic N) is 1. The van der Waals surface area contributed by atoms with E-state index in [-0.39, 0.29) is 23.0 Å². The van der Waals surface area contributed by atoms with E-state index in [1.807, 2.05) is 51.1 Å². The Hall–Kier alpha value is -3.48. The lowest BCUT2D eigenvalue weighted by Crippen LogP contribution is -2.53. The largest absolute Gasteiger partial charge is 0.493 e. The zero-order valence-electron chi connectivity index (χ0n) is 23.3. The van der Waals surface area contributed by atoms with E-state index in [4.69, 9.17) is 9.47 Å². The number of likely N-dealkylation sites (tertiary alicyclic amines) is 1. The average molecular weight is 556 g/mol. The number of rotatable bonds is 9. The van der Waals surface area contributed by atoms with Crippen molar-refractivity contribution in [3.63, 3.8) is 0 Å². The molecule has 2 aromatic carbocycles. The van der Waals surface area contributed by atoms with Crippen LogP contribution in [0.15, 0.2) is 54.7 Å². The third-order valence-corrected chi connectivity index (χ3v) is 7.53. The molecule has 1 aliphatic heterocycles. The van der Waals surface area contributed by atoms with Crippen molar-refractivity contribution >= 4 is 10.9 Å². The highest BCUT2D eigenvalue weighted by Crippen LogP contribution is 2.44. The van der Waals surface area contributed by atoms with Crippen LogP contribution in [-0.4, -0.2) is 53.6 Å². The predicted molar refractivity (Wildman–Crippen MR) is 148 cm³/mol. The number of piperidine rings is 1. The SMILES string of the molecule is C/C=C\C(C)Cn1cc(C(O)(CN2CCC(Oc3ccc(C)cc3OC)CC2)C(F)(F)F)c2ccc(C#N)cc21. The number of hydrogen-bond donors (Lipinski definition) is 1. The molecule has 0 radical (unpaired) electrons. The topological polar surface area (TPSA) is 70.7 Å². The van der Waals surface area contributed by atoms with E-state index in [1.54, 1.807) is 22.6 Å². The van der Waals surface area contributed by atoms with E-state index in [9.17, 15) is 23.5 Å². The van der Waals surface area contributed by atoms with Gasteiger partial charge in [0, 0.05) is 48.8 Å². The number of nitriles is 1. The fraction of sp³-hybridized carbons (Fsp3) is 0.452. The Morgan fingerprint density at radius 3 is 2.50 bits per heavy atom. The summed E-state index contributed by atoms with van der Waals surface area (Å²) in [5, 5.41) is 21.1. The number of aromatic nitrogens is 1. The molecule has 0 bridgehead atoms. The number of aliphatic hydroxyl groups is 1. The van der Waals surface area contributed by atoms with Crippen LogP contribution >= 0.6 is 0 Å². The van der Waals surface area contributed by atoms with Gasteiger partial charge in [0.25, 0.3) is 0 Å². The quantitative estimate of drug-likeness (QED) is 0.312. The van der Waals surface area contributed by atoms with Crippen molar-refractivity contribution in [2.24, 2.45) is 5.92 Å². The Morgan fingerprint density at radius 2 is 1.88 bits per heavy atom. The standard InChI is InChI=1S/C31H36F3N3O3/c1-5-6-22(3)18-37-19-26(25-9-8-23(17-35)16-27(25)37)30(38,31(32,33)34)20-36-13-11-24(12-14-36)40-28-10-7-21(2)15-29(28)39-4/h5-10,15-16,19,22,24,38H,11-14,18,20H2,1-4H3/b6-5-. The Bertz CT molecular complexity index is 1400. The van der Waals surface area contributed by atoms with E-state index in [0.717, 1.165) is 5.56 Å². The molecule has 2 atom stereocenters. The van der Waals surface area contributed by atoms with Gasteiger partial charge in [-0.25, -0.2) is 0 Å². The molecule has 3 aromatic rings. The fourth-order valence-corrected chi connectivity index (χ4v) is 5.43. The van der Waals surface area contributed by atoms with Gasteiger partial charge in [-0.15, -0.1) is 0 Å². The summed E-state index contributed by atoms with van der Waals surface area (Å²) in [4.78, 5) is 1.65. The first-order chi connectivity index (χ1) is 19.0. The third-order valence-electron chi connectivity index (χ3n) is 7.53. The van der Waals surface area contributed by atoms with Gasteiger partial charge in [-0.3, -0.25) is 4.90 Å². The number of fused-ring (bicyclic) bond motifs is 1. The number of methoxy groups -OCH3 is 1. The Morgan fingerprint density at radius 1 is 1.15 bits per heavy atom. The number of benzene rings is 2. The van der Waals surface area contributed by atoms with Crippen molar-refractivity contribution in [3.05, 3.63) is 71.4 Å². The third kappa shape index (κ3) is 6.13. The number of hydrogen-bond acceptors (Lipinski definition) is 5. The summed E-state index contributed by atoms with van der Waals surface area (Å²) in [6, 6.07) is 12.3. The van der Waals surface area contributed by atoms with E-state index in [2.05, 4.69) is 6.07 Å². The van der Waals surface area contributed by atoms with Gasteiger partial charge in [-0.1, -0.05) is 31.2 Å². The summed E-state index contributed by atoms with van der Waals surface area (Å²) in [5.41, 5.74) is -1.42. The normalized spacial score (nSPS) is 17.6. The molecule has 214 valence electrons. The second kappa shape index (κ2) is 11.9. The molecule has 1 aromatic heterocycles. The maximum atomic E-state index is 14.7. The molecule has 40 heavy (non-hydrogen) atoms. The minimum absolute atomic E-state index is 0.0457. The molecule has 0 aliphatic carbocycles. The molecule has 9 heteroatoms. The van der Waals surface area contributed by atoms with Crippen LogP contribution in [0.3, 0.4) is 0 Å². The molecule has 1 fully saturated rings. The van der Waals surface area contributed by atoms with Crippen molar-refractivity contribution in [1.82, 2.24) is 9.47 Å². The highest BCUT2D eigenvalue weighted by molar-refractivity contribution is 5.86. The smallest absolute Gasteiger partial charge is 0.422 e. The van der Waals surface area contributed by atoms with Crippen molar-refractivity contribution in [2.45, 2.75) is 58.0 Å². The van der Waals surface area contributed by atoms with Gasteiger partial charge < -0.3 is 19.1 Å². The van der Waals surface area contributed by atoms with Crippen molar-refractivity contribution in [1.29, 1.82) is 5.26 Å². The highest BCUT2D eigenvalue weighted by atomic mass is 19.4. The Balaban J connectivity index is 1.59. The second-order valence-corrected chi connectivity index (χ2v) is 10.6. The molecule has 1 N–H and O–H groups in total. The van der Waals surface area contributed by atoms with Gasteiger partial charge in [0.15, 0.2) is 11.5 Å². The van der Waals surface area contributed by atoms with E-state index in [0.29, 0.717) is 55.1 Å². The number of alkyl halides is 3. The molecule has 1 saturated heterocycles. The molecular formula is C31H36F3N3O3. The Labute approximate surface area is 233 Å². The summed E-state index contributed by atoms with van der Waals surface area (Å²) < 4.78 is 57.4. The van der Waals surface area contributed by atoms with Crippen molar-refractivity contribution < 1.29 is 27.8 Å². The summed E-state index contributed by atoms with van der Waals surface area (Å²) in [6.45, 7) is 6.30. The van der Waals surface area contributed by atoms with Crippen LogP contribution in [0, 0.1) is 24.2 Å². The lowest BCUT2D eigenvalue weighted by atomic mass is 9.90. The predicted octanol–water partition coefficient (Wildman–Crippen LogP) is 6.34. The van der Waals surface area contributed by atoms with E-state index in [1.165, 1.54) is 18.3 Å². The molecule has 0 spiro atoms. The van der Waals surface area contributed by atoms with Crippen LogP contribution in [0.4, 0.5) is 13.2 Å². The zero-order chi connectivity index (χ0) is 29.1.